The molecule has 1 saturated heterocycles. The van der Waals surface area contributed by atoms with Crippen molar-refractivity contribution in [2.24, 2.45) is 0 Å². The van der Waals surface area contributed by atoms with E-state index in [1.54, 1.807) is 21.3 Å². The number of likely N-dealkylation sites (N-methyl/N-ethyl adjacent to an activating group) is 1. The number of carbonyl (C=O) groups excluding carboxylic acids is 3. The van der Waals surface area contributed by atoms with Crippen molar-refractivity contribution in [3.63, 3.8) is 0 Å². The maximum absolute atomic E-state index is 12.9. The van der Waals surface area contributed by atoms with Crippen molar-refractivity contribution in [3.8, 4) is 67.9 Å². The Kier molecular flexibility index (Phi) is 17.7. The maximum Gasteiger partial charge on any atom is 0.198 e. The van der Waals surface area contributed by atoms with Gasteiger partial charge in [0.1, 0.15) is 47.7 Å². The number of hydrogen-bond donors (Lipinski definition) is 0. The van der Waals surface area contributed by atoms with Gasteiger partial charge in [-0.05, 0) is 94.9 Å². The minimum Gasteiger partial charge on any atom is -0.496 e. The predicted octanol–water partition coefficient (Wildman–Crippen LogP) is 11.0. The zero-order valence-corrected chi connectivity index (χ0v) is 43.5. The van der Waals surface area contributed by atoms with Crippen LogP contribution in [-0.2, 0) is 0 Å². The molecule has 12 heteroatoms. The van der Waals surface area contributed by atoms with Gasteiger partial charge in [0.2, 0.25) is 0 Å². The molecule has 0 bridgehead atoms. The molecule has 0 amide bonds. The number of nitrogens with zero attached hydrogens (tertiary/aromatic N) is 3. The van der Waals surface area contributed by atoms with Gasteiger partial charge in [0.05, 0.1) is 44.6 Å². The molecule has 382 valence electrons. The molecule has 3 aliphatic carbocycles. The molecule has 0 radical (unpaired) electrons. The summed E-state index contributed by atoms with van der Waals surface area (Å²) in [5.41, 5.74) is 9.37. The number of benzene rings is 6. The van der Waals surface area contributed by atoms with Crippen molar-refractivity contribution in [2.75, 3.05) is 100 Å². The molecule has 0 spiro atoms. The molecule has 4 aliphatic rings. The van der Waals surface area contributed by atoms with Gasteiger partial charge >= 0.3 is 0 Å². The molecule has 73 heavy (non-hydrogen) atoms. The fourth-order valence-corrected chi connectivity index (χ4v) is 10.3. The van der Waals surface area contributed by atoms with Gasteiger partial charge in [0.25, 0.3) is 0 Å². The molecule has 12 nitrogen and oxygen atoms in total. The van der Waals surface area contributed by atoms with Crippen molar-refractivity contribution in [3.05, 3.63) is 143 Å². The van der Waals surface area contributed by atoms with Crippen LogP contribution in [0.4, 0.5) is 0 Å². The second-order valence-corrected chi connectivity index (χ2v) is 18.2. The summed E-state index contributed by atoms with van der Waals surface area (Å²) in [6, 6.07) is 34.1. The number of ether oxygens (including phenoxy) is 6. The maximum atomic E-state index is 12.9. The molecule has 6 aromatic rings. The smallest absolute Gasteiger partial charge is 0.198 e. The highest BCUT2D eigenvalue weighted by atomic mass is 16.5. The lowest BCUT2D eigenvalue weighted by Gasteiger charge is -2.18. The Morgan fingerprint density at radius 3 is 1.10 bits per heavy atom. The summed E-state index contributed by atoms with van der Waals surface area (Å²) >= 11 is 0. The summed E-state index contributed by atoms with van der Waals surface area (Å²) in [4.78, 5) is 45.6. The van der Waals surface area contributed by atoms with Gasteiger partial charge in [-0.1, -0.05) is 100 Å². The third kappa shape index (κ3) is 11.0. The monoisotopic (exact) mass is 988 g/mol. The Hall–Kier alpha value is -6.99. The highest BCUT2D eigenvalue weighted by Crippen LogP contribution is 2.48. The second-order valence-electron chi connectivity index (χ2n) is 18.2. The van der Waals surface area contributed by atoms with E-state index in [9.17, 15) is 14.4 Å². The Labute approximate surface area is 430 Å². The predicted molar refractivity (Wildman–Crippen MR) is 288 cm³/mol. The van der Waals surface area contributed by atoms with Gasteiger partial charge in [0, 0.05) is 69.7 Å². The van der Waals surface area contributed by atoms with Crippen LogP contribution in [0.25, 0.3) is 33.4 Å². The van der Waals surface area contributed by atoms with E-state index in [1.807, 2.05) is 109 Å². The Morgan fingerprint density at radius 1 is 0.397 bits per heavy atom. The Bertz CT molecular complexity index is 2800. The van der Waals surface area contributed by atoms with E-state index in [-0.39, 0.29) is 17.3 Å². The Balaban J connectivity index is 0.000000146. The normalized spacial score (nSPS) is 13.5. The van der Waals surface area contributed by atoms with Crippen LogP contribution in [-0.4, -0.2) is 132 Å². The van der Waals surface area contributed by atoms with Crippen molar-refractivity contribution < 1.29 is 42.8 Å². The molecule has 0 aromatic heterocycles. The van der Waals surface area contributed by atoms with E-state index in [2.05, 4.69) is 42.4 Å². The van der Waals surface area contributed by atoms with Crippen molar-refractivity contribution in [2.45, 2.75) is 47.0 Å². The molecule has 1 heterocycles. The molecule has 10 rings (SSSR count). The van der Waals surface area contributed by atoms with E-state index in [0.29, 0.717) is 70.4 Å². The van der Waals surface area contributed by atoms with Crippen LogP contribution in [0.2, 0.25) is 0 Å². The van der Waals surface area contributed by atoms with Gasteiger partial charge in [-0.3, -0.25) is 19.3 Å². The van der Waals surface area contributed by atoms with Gasteiger partial charge in [-0.15, -0.1) is 0 Å². The third-order valence-corrected chi connectivity index (χ3v) is 14.2. The average molecular weight is 988 g/mol. The van der Waals surface area contributed by atoms with E-state index in [4.69, 9.17) is 28.4 Å². The first kappa shape index (κ1) is 52.3. The zero-order valence-electron chi connectivity index (χ0n) is 43.5. The van der Waals surface area contributed by atoms with E-state index in [0.717, 1.165) is 116 Å². The lowest BCUT2D eigenvalue weighted by molar-refractivity contribution is 0.103. The fraction of sp³-hybridized carbons (Fsp3) is 0.361. The van der Waals surface area contributed by atoms with Gasteiger partial charge < -0.3 is 38.2 Å². The van der Waals surface area contributed by atoms with E-state index >= 15 is 0 Å². The number of ketones is 3. The average Bonchev–Trinajstić information content (AvgIpc) is 4.21. The Morgan fingerprint density at radius 2 is 0.726 bits per heavy atom. The van der Waals surface area contributed by atoms with Crippen LogP contribution in [0.5, 0.6) is 34.5 Å². The summed E-state index contributed by atoms with van der Waals surface area (Å²) in [5, 5.41) is 0. The van der Waals surface area contributed by atoms with Crippen LogP contribution in [0.3, 0.4) is 0 Å². The number of likely N-dealkylation sites (tertiary alicyclic amines) is 1. The minimum absolute atomic E-state index is 0.0114. The summed E-state index contributed by atoms with van der Waals surface area (Å²) < 4.78 is 34.3. The van der Waals surface area contributed by atoms with Crippen molar-refractivity contribution in [1.82, 2.24) is 14.7 Å². The van der Waals surface area contributed by atoms with E-state index in [1.165, 1.54) is 12.8 Å². The summed E-state index contributed by atoms with van der Waals surface area (Å²) in [6.07, 6.45) is 3.48. The van der Waals surface area contributed by atoms with Gasteiger partial charge in [-0.25, -0.2) is 0 Å². The summed E-state index contributed by atoms with van der Waals surface area (Å²) in [5.74, 6) is 4.23. The largest absolute Gasteiger partial charge is 0.496 e. The van der Waals surface area contributed by atoms with Gasteiger partial charge in [-0.2, -0.15) is 0 Å². The number of hydrogen-bond acceptors (Lipinski definition) is 12. The number of rotatable bonds is 20. The topological polar surface area (TPSA) is 116 Å². The second kappa shape index (κ2) is 24.6. The quantitative estimate of drug-likeness (QED) is 0.0677. The lowest BCUT2D eigenvalue weighted by atomic mass is 10.0. The van der Waals surface area contributed by atoms with Crippen LogP contribution in [0.1, 0.15) is 94.7 Å². The van der Waals surface area contributed by atoms with Crippen molar-refractivity contribution >= 4 is 17.3 Å². The minimum atomic E-state index is 0.0114. The van der Waals surface area contributed by atoms with Gasteiger partial charge in [0.15, 0.2) is 17.3 Å². The lowest BCUT2D eigenvalue weighted by Crippen LogP contribution is -2.28. The van der Waals surface area contributed by atoms with Crippen LogP contribution < -0.4 is 28.4 Å². The molecular formula is C61H69N3O9. The van der Waals surface area contributed by atoms with Crippen molar-refractivity contribution in [1.29, 1.82) is 0 Å². The summed E-state index contributed by atoms with van der Waals surface area (Å²) in [6.45, 7) is 19.5. The first-order chi connectivity index (χ1) is 35.7. The molecular weight excluding hydrogens is 919 g/mol. The molecule has 0 saturated carbocycles. The van der Waals surface area contributed by atoms with Crippen LogP contribution in [0, 0.1) is 0 Å². The fourth-order valence-electron chi connectivity index (χ4n) is 10.3. The molecule has 0 unspecified atom stereocenters. The highest BCUT2D eigenvalue weighted by Gasteiger charge is 2.35. The molecule has 0 N–H and O–H groups in total. The molecule has 1 fully saturated rings. The standard InChI is InChI=1S/C21H25NO3.C20H21NO3.C20H23NO3/c1-4-22(5-2)13-8-14-25-18-12-6-9-15-19-16(21(23)20(15)18)10-7-11-17(19)24-3;1-23-16-8-5-7-15-18(16)14-6-4-9-17(19(14)20(15)22)24-13-12-21-10-2-3-11-21;1-4-21(5-2)12-13-24-17-11-6-8-14-18-15(20(22)19(14)17)9-7-10-16(18)23-3/h6-7,9-12H,4-5,8,13-14H2,1-3H3;4-9H,2-3,10-13H2,1H3;6-11H,4-5,12-13H2,1-3H3. The number of carbonyl (C=O) groups is 3. The van der Waals surface area contributed by atoms with Crippen LogP contribution in [0.15, 0.2) is 109 Å². The van der Waals surface area contributed by atoms with E-state index < -0.39 is 0 Å². The molecule has 1 aliphatic heterocycles. The number of fused-ring (bicyclic) bond motifs is 9. The third-order valence-electron chi connectivity index (χ3n) is 14.2. The highest BCUT2D eigenvalue weighted by molar-refractivity contribution is 6.25. The molecule has 6 aromatic carbocycles. The SMILES string of the molecule is CCN(CC)CCCOc1cccc2c1C(=O)c1cccc(OC)c1-2.CCN(CC)CCOc1cccc2c1C(=O)c1cccc(OC)c1-2.COc1cccc2c1-c1cccc(OCCN3CCCC3)c1C2=O. The zero-order chi connectivity index (χ0) is 51.4. The summed E-state index contributed by atoms with van der Waals surface area (Å²) in [7, 11) is 4.89. The first-order valence-electron chi connectivity index (χ1n) is 25.8. The number of methoxy groups -OCH3 is 3. The van der Waals surface area contributed by atoms with Crippen LogP contribution >= 0.6 is 0 Å². The first-order valence-corrected chi connectivity index (χ1v) is 25.8. The molecule has 0 atom stereocenters.